The van der Waals surface area contributed by atoms with Crippen molar-refractivity contribution in [2.45, 2.75) is 0 Å². The van der Waals surface area contributed by atoms with E-state index in [0.29, 0.717) is 17.2 Å². The molecule has 0 unspecified atom stereocenters. The van der Waals surface area contributed by atoms with Gasteiger partial charge in [0, 0.05) is 5.39 Å². The Bertz CT molecular complexity index is 948. The van der Waals surface area contributed by atoms with Gasteiger partial charge in [0.2, 0.25) is 13.6 Å². The van der Waals surface area contributed by atoms with Crippen molar-refractivity contribution in [2.75, 3.05) is 13.6 Å². The van der Waals surface area contributed by atoms with E-state index in [1.807, 2.05) is 30.3 Å². The lowest BCUT2D eigenvalue weighted by atomic mass is 9.96. The molecule has 0 saturated heterocycles. The second kappa shape index (κ2) is 4.46. The molecular formula is C18H12O5. The highest BCUT2D eigenvalue weighted by Crippen LogP contribution is 2.46. The monoisotopic (exact) mass is 308 g/mol. The van der Waals surface area contributed by atoms with Gasteiger partial charge in [0.1, 0.15) is 5.75 Å². The molecule has 5 heteroatoms. The van der Waals surface area contributed by atoms with E-state index in [1.54, 1.807) is 12.1 Å². The van der Waals surface area contributed by atoms with Gasteiger partial charge in [0.15, 0.2) is 23.0 Å². The van der Waals surface area contributed by atoms with E-state index in [1.165, 1.54) is 0 Å². The molecule has 2 aliphatic heterocycles. The summed E-state index contributed by atoms with van der Waals surface area (Å²) in [7, 11) is 0. The van der Waals surface area contributed by atoms with Gasteiger partial charge in [-0.3, -0.25) is 0 Å². The summed E-state index contributed by atoms with van der Waals surface area (Å²) in [6, 6.07) is 12.9. The van der Waals surface area contributed by atoms with Gasteiger partial charge in [-0.1, -0.05) is 12.1 Å². The number of aromatic hydroxyl groups is 1. The zero-order valence-electron chi connectivity index (χ0n) is 12.0. The average molecular weight is 308 g/mol. The summed E-state index contributed by atoms with van der Waals surface area (Å²) in [6.45, 7) is 0.432. The van der Waals surface area contributed by atoms with E-state index in [-0.39, 0.29) is 19.3 Å². The summed E-state index contributed by atoms with van der Waals surface area (Å²) in [5.74, 6) is 3.04. The van der Waals surface area contributed by atoms with Crippen LogP contribution >= 0.6 is 0 Å². The second-order valence-corrected chi connectivity index (χ2v) is 5.46. The predicted octanol–water partition coefficient (Wildman–Crippen LogP) is 3.67. The molecule has 1 N–H and O–H groups in total. The Morgan fingerprint density at radius 3 is 2.48 bits per heavy atom. The van der Waals surface area contributed by atoms with Gasteiger partial charge in [-0.15, -0.1) is 0 Å². The van der Waals surface area contributed by atoms with Crippen LogP contribution in [0, 0.1) is 0 Å². The first kappa shape index (κ1) is 12.5. The van der Waals surface area contributed by atoms with Crippen molar-refractivity contribution in [3.63, 3.8) is 0 Å². The summed E-state index contributed by atoms with van der Waals surface area (Å²) in [4.78, 5) is 0. The largest absolute Gasteiger partial charge is 0.508 e. The summed E-state index contributed by atoms with van der Waals surface area (Å²) in [6.07, 6.45) is 0. The Morgan fingerprint density at radius 1 is 0.739 bits per heavy atom. The first-order valence-corrected chi connectivity index (χ1v) is 7.25. The summed E-state index contributed by atoms with van der Waals surface area (Å²) < 4.78 is 21.9. The second-order valence-electron chi connectivity index (χ2n) is 5.46. The Morgan fingerprint density at radius 2 is 1.52 bits per heavy atom. The van der Waals surface area contributed by atoms with Gasteiger partial charge < -0.3 is 24.1 Å². The number of benzene rings is 3. The Hall–Kier alpha value is -3.08. The highest BCUT2D eigenvalue weighted by Gasteiger charge is 2.21. The Balaban J connectivity index is 1.82. The Labute approximate surface area is 131 Å². The number of rotatable bonds is 1. The van der Waals surface area contributed by atoms with E-state index in [4.69, 9.17) is 18.9 Å². The quantitative estimate of drug-likeness (QED) is 0.743. The van der Waals surface area contributed by atoms with Gasteiger partial charge in [0.05, 0.1) is 0 Å². The van der Waals surface area contributed by atoms with Crippen molar-refractivity contribution in [1.82, 2.24) is 0 Å². The average Bonchev–Trinajstić information content (AvgIpc) is 3.21. The fourth-order valence-electron chi connectivity index (χ4n) is 3.10. The number of hydrogen-bond donors (Lipinski definition) is 1. The van der Waals surface area contributed by atoms with Crippen LogP contribution in [0.3, 0.4) is 0 Å². The zero-order chi connectivity index (χ0) is 15.4. The normalized spacial score (nSPS) is 14.4. The minimum absolute atomic E-state index is 0.198. The van der Waals surface area contributed by atoms with Crippen LogP contribution in [0.15, 0.2) is 42.5 Å². The van der Waals surface area contributed by atoms with E-state index in [9.17, 15) is 5.11 Å². The zero-order valence-corrected chi connectivity index (χ0v) is 12.0. The minimum Gasteiger partial charge on any atom is -0.508 e. The first-order valence-electron chi connectivity index (χ1n) is 7.25. The van der Waals surface area contributed by atoms with Crippen molar-refractivity contribution in [2.24, 2.45) is 0 Å². The molecule has 23 heavy (non-hydrogen) atoms. The number of ether oxygens (including phenoxy) is 4. The van der Waals surface area contributed by atoms with Crippen molar-refractivity contribution in [3.05, 3.63) is 42.5 Å². The van der Waals surface area contributed by atoms with Crippen molar-refractivity contribution in [3.8, 4) is 39.9 Å². The summed E-state index contributed by atoms with van der Waals surface area (Å²) in [5, 5.41) is 11.9. The maximum atomic E-state index is 10.1. The molecule has 0 radical (unpaired) electrons. The lowest BCUT2D eigenvalue weighted by Gasteiger charge is -2.11. The molecule has 0 amide bonds. The van der Waals surface area contributed by atoms with E-state index >= 15 is 0 Å². The molecule has 3 aromatic carbocycles. The molecule has 0 bridgehead atoms. The molecule has 5 nitrogen and oxygen atoms in total. The van der Waals surface area contributed by atoms with Crippen LogP contribution in [0.5, 0.6) is 28.7 Å². The fourth-order valence-corrected chi connectivity index (χ4v) is 3.10. The van der Waals surface area contributed by atoms with Crippen LogP contribution in [0.25, 0.3) is 21.9 Å². The molecule has 2 aliphatic rings. The van der Waals surface area contributed by atoms with Gasteiger partial charge in [-0.2, -0.15) is 0 Å². The summed E-state index contributed by atoms with van der Waals surface area (Å²) >= 11 is 0. The topological polar surface area (TPSA) is 57.2 Å². The number of phenols is 1. The highest BCUT2D eigenvalue weighted by atomic mass is 16.7. The third-order valence-corrected chi connectivity index (χ3v) is 4.12. The van der Waals surface area contributed by atoms with Crippen molar-refractivity contribution < 1.29 is 24.1 Å². The van der Waals surface area contributed by atoms with Crippen LogP contribution in [0.1, 0.15) is 0 Å². The Kier molecular flexibility index (Phi) is 2.42. The van der Waals surface area contributed by atoms with E-state index in [0.717, 1.165) is 27.6 Å². The molecule has 5 rings (SSSR count). The third-order valence-electron chi connectivity index (χ3n) is 4.12. The highest BCUT2D eigenvalue weighted by molar-refractivity contribution is 6.03. The summed E-state index contributed by atoms with van der Waals surface area (Å²) in [5.41, 5.74) is 1.78. The van der Waals surface area contributed by atoms with Gasteiger partial charge in [-0.25, -0.2) is 0 Å². The lowest BCUT2D eigenvalue weighted by Crippen LogP contribution is -1.93. The molecule has 0 atom stereocenters. The number of fused-ring (bicyclic) bond motifs is 4. The van der Waals surface area contributed by atoms with E-state index < -0.39 is 0 Å². The van der Waals surface area contributed by atoms with Gasteiger partial charge in [-0.05, 0) is 46.8 Å². The molecule has 2 heterocycles. The van der Waals surface area contributed by atoms with Crippen LogP contribution in [0.4, 0.5) is 0 Å². The molecule has 3 aromatic rings. The SMILES string of the molecule is Oc1cc(-c2ccc3c(c2)OCO3)c2c3c(ccc2c1)OCO3. The van der Waals surface area contributed by atoms with Crippen molar-refractivity contribution in [1.29, 1.82) is 0 Å². The predicted molar refractivity (Wildman–Crippen MR) is 83.3 cm³/mol. The maximum absolute atomic E-state index is 10.1. The van der Waals surface area contributed by atoms with Gasteiger partial charge in [0.25, 0.3) is 0 Å². The van der Waals surface area contributed by atoms with Crippen LogP contribution < -0.4 is 18.9 Å². The molecule has 0 saturated carbocycles. The third kappa shape index (κ3) is 1.80. The lowest BCUT2D eigenvalue weighted by molar-refractivity contribution is 0.174. The molecule has 0 spiro atoms. The molecule has 0 aliphatic carbocycles. The smallest absolute Gasteiger partial charge is 0.231 e. The molecule has 114 valence electrons. The number of hydrogen-bond acceptors (Lipinski definition) is 5. The van der Waals surface area contributed by atoms with Crippen LogP contribution in [-0.4, -0.2) is 18.7 Å². The van der Waals surface area contributed by atoms with Gasteiger partial charge >= 0.3 is 0 Å². The maximum Gasteiger partial charge on any atom is 0.231 e. The van der Waals surface area contributed by atoms with Crippen LogP contribution in [-0.2, 0) is 0 Å². The number of phenolic OH excluding ortho intramolecular Hbond substituents is 1. The van der Waals surface area contributed by atoms with E-state index in [2.05, 4.69) is 0 Å². The fraction of sp³-hybridized carbons (Fsp3) is 0.111. The van der Waals surface area contributed by atoms with Crippen LogP contribution in [0.2, 0.25) is 0 Å². The van der Waals surface area contributed by atoms with Crippen molar-refractivity contribution >= 4 is 10.8 Å². The molecule has 0 fully saturated rings. The molecular weight excluding hydrogens is 296 g/mol. The molecule has 0 aromatic heterocycles. The minimum atomic E-state index is 0.198. The standard InChI is InChI=1S/C18H12O5/c19-12-5-11-2-4-15-18(23-9-21-15)17(11)13(7-12)10-1-3-14-16(6-10)22-8-20-14/h1-7,19H,8-9H2. The first-order chi connectivity index (χ1) is 11.3.